The Morgan fingerprint density at radius 3 is 2.48 bits per heavy atom. The van der Waals surface area contributed by atoms with Gasteiger partial charge in [0.05, 0.1) is 11.4 Å². The van der Waals surface area contributed by atoms with Crippen LogP contribution in [0.2, 0.25) is 23.3 Å². The van der Waals surface area contributed by atoms with Gasteiger partial charge in [0.1, 0.15) is 0 Å². The molecule has 29 heavy (non-hydrogen) atoms. The average Bonchev–Trinajstić information content (AvgIpc) is 3.01. The van der Waals surface area contributed by atoms with Gasteiger partial charge in [-0.15, -0.1) is 0 Å². The SMILES string of the molecule is CC(C)(C)C(=O)Nc1ccc(CN2CCC(CO[Si](C)(C)C(C)(C)C)C2)nc1Cl. The minimum absolute atomic E-state index is 0.0712. The van der Waals surface area contributed by atoms with Gasteiger partial charge in [0, 0.05) is 25.1 Å². The van der Waals surface area contributed by atoms with Crippen LogP contribution in [0.3, 0.4) is 0 Å². The Bertz CT molecular complexity index is 726. The molecule has 1 aliphatic heterocycles. The van der Waals surface area contributed by atoms with Crippen LogP contribution in [-0.2, 0) is 15.8 Å². The molecule has 1 unspecified atom stereocenters. The number of carbonyl (C=O) groups excluding carboxylic acids is 1. The number of carbonyl (C=O) groups is 1. The topological polar surface area (TPSA) is 54.5 Å². The molecule has 1 N–H and O–H groups in total. The van der Waals surface area contributed by atoms with Crippen molar-refractivity contribution in [2.24, 2.45) is 11.3 Å². The maximum Gasteiger partial charge on any atom is 0.229 e. The van der Waals surface area contributed by atoms with Gasteiger partial charge in [-0.1, -0.05) is 53.1 Å². The third-order valence-electron chi connectivity index (χ3n) is 6.08. The van der Waals surface area contributed by atoms with E-state index in [0.717, 1.165) is 38.4 Å². The van der Waals surface area contributed by atoms with Crippen LogP contribution in [0.25, 0.3) is 0 Å². The summed E-state index contributed by atoms with van der Waals surface area (Å²) in [6.07, 6.45) is 1.15. The summed E-state index contributed by atoms with van der Waals surface area (Å²) < 4.78 is 6.41. The number of hydrogen-bond acceptors (Lipinski definition) is 4. The zero-order chi connectivity index (χ0) is 22.0. The highest BCUT2D eigenvalue weighted by Crippen LogP contribution is 2.37. The second-order valence-corrected chi connectivity index (χ2v) is 16.0. The summed E-state index contributed by atoms with van der Waals surface area (Å²) in [5, 5.41) is 3.45. The lowest BCUT2D eigenvalue weighted by Gasteiger charge is -2.37. The Morgan fingerprint density at radius 2 is 1.93 bits per heavy atom. The number of amides is 1. The first kappa shape index (κ1) is 24.3. The van der Waals surface area contributed by atoms with Crippen LogP contribution in [-0.4, -0.2) is 43.8 Å². The molecule has 0 aromatic carbocycles. The molecule has 0 spiro atoms. The molecule has 5 nitrogen and oxygen atoms in total. The summed E-state index contributed by atoms with van der Waals surface area (Å²) in [6, 6.07) is 3.80. The molecule has 0 aliphatic carbocycles. The fraction of sp³-hybridized carbons (Fsp3) is 0.727. The molecule has 1 atom stereocenters. The predicted molar refractivity (Wildman–Crippen MR) is 124 cm³/mol. The fourth-order valence-corrected chi connectivity index (χ4v) is 4.23. The van der Waals surface area contributed by atoms with E-state index in [1.54, 1.807) is 0 Å². The van der Waals surface area contributed by atoms with Crippen LogP contribution < -0.4 is 5.32 Å². The molecule has 1 saturated heterocycles. The van der Waals surface area contributed by atoms with E-state index in [1.807, 2.05) is 32.9 Å². The average molecular weight is 440 g/mol. The van der Waals surface area contributed by atoms with Crippen molar-refractivity contribution in [1.82, 2.24) is 9.88 Å². The number of likely N-dealkylation sites (tertiary alicyclic amines) is 1. The standard InChI is InChI=1S/C22H38ClN3O2Si/c1-21(2,3)20(27)25-18-10-9-17(24-19(18)23)14-26-12-11-16(13-26)15-28-29(7,8)22(4,5)6/h9-10,16H,11-15H2,1-8H3,(H,25,27). The number of pyridine rings is 1. The number of rotatable bonds is 6. The van der Waals surface area contributed by atoms with E-state index < -0.39 is 13.7 Å². The summed E-state index contributed by atoms with van der Waals surface area (Å²) in [5.41, 5.74) is 1.02. The summed E-state index contributed by atoms with van der Waals surface area (Å²) in [4.78, 5) is 19.1. The van der Waals surface area contributed by atoms with Crippen molar-refractivity contribution in [2.75, 3.05) is 25.0 Å². The van der Waals surface area contributed by atoms with Gasteiger partial charge in [-0.3, -0.25) is 9.69 Å². The Kier molecular flexibility index (Phi) is 7.58. The van der Waals surface area contributed by atoms with E-state index in [4.69, 9.17) is 16.0 Å². The molecule has 1 amide bonds. The van der Waals surface area contributed by atoms with Gasteiger partial charge < -0.3 is 9.74 Å². The Hall–Kier alpha value is -0.953. The number of nitrogens with one attached hydrogen (secondary N) is 1. The Labute approximate surface area is 182 Å². The molecule has 7 heteroatoms. The van der Waals surface area contributed by atoms with Gasteiger partial charge in [0.2, 0.25) is 5.91 Å². The van der Waals surface area contributed by atoms with E-state index in [1.165, 1.54) is 0 Å². The van der Waals surface area contributed by atoms with Gasteiger partial charge in [-0.05, 0) is 49.1 Å². The third-order valence-corrected chi connectivity index (χ3v) is 10.9. The van der Waals surface area contributed by atoms with E-state index in [-0.39, 0.29) is 10.9 Å². The molecule has 164 valence electrons. The summed E-state index contributed by atoms with van der Waals surface area (Å²) in [5.74, 6) is 0.503. The molecular weight excluding hydrogens is 402 g/mol. The van der Waals surface area contributed by atoms with Crippen LogP contribution >= 0.6 is 11.6 Å². The predicted octanol–water partition coefficient (Wildman–Crippen LogP) is 5.56. The number of nitrogens with zero attached hydrogens (tertiary/aromatic N) is 2. The lowest BCUT2D eigenvalue weighted by atomic mass is 9.95. The number of aromatic nitrogens is 1. The maximum atomic E-state index is 12.2. The van der Waals surface area contributed by atoms with E-state index in [0.29, 0.717) is 16.8 Å². The van der Waals surface area contributed by atoms with Gasteiger partial charge in [-0.25, -0.2) is 4.98 Å². The molecule has 1 aromatic heterocycles. The molecule has 2 heterocycles. The lowest BCUT2D eigenvalue weighted by molar-refractivity contribution is -0.123. The normalized spacial score (nSPS) is 18.9. The third kappa shape index (κ3) is 6.77. The first-order chi connectivity index (χ1) is 13.2. The number of halogens is 1. The summed E-state index contributed by atoms with van der Waals surface area (Å²) in [7, 11) is -1.69. The smallest absolute Gasteiger partial charge is 0.229 e. The molecule has 0 radical (unpaired) electrons. The minimum Gasteiger partial charge on any atom is -0.416 e. The van der Waals surface area contributed by atoms with Crippen LogP contribution in [0.15, 0.2) is 12.1 Å². The zero-order valence-corrected chi connectivity index (χ0v) is 21.1. The van der Waals surface area contributed by atoms with Crippen molar-refractivity contribution in [3.05, 3.63) is 23.0 Å². The Morgan fingerprint density at radius 1 is 1.28 bits per heavy atom. The Balaban J connectivity index is 1.88. The van der Waals surface area contributed by atoms with Crippen molar-refractivity contribution in [1.29, 1.82) is 0 Å². The van der Waals surface area contributed by atoms with Crippen LogP contribution in [0, 0.1) is 11.3 Å². The van der Waals surface area contributed by atoms with Crippen molar-refractivity contribution in [2.45, 2.75) is 72.6 Å². The number of anilines is 1. The van der Waals surface area contributed by atoms with E-state index >= 15 is 0 Å². The van der Waals surface area contributed by atoms with Gasteiger partial charge in [0.25, 0.3) is 0 Å². The minimum atomic E-state index is -1.69. The lowest BCUT2D eigenvalue weighted by Crippen LogP contribution is -2.42. The van der Waals surface area contributed by atoms with E-state index in [2.05, 4.69) is 49.1 Å². The zero-order valence-electron chi connectivity index (χ0n) is 19.4. The first-order valence-corrected chi connectivity index (χ1v) is 13.8. The van der Waals surface area contributed by atoms with Crippen molar-refractivity contribution < 1.29 is 9.22 Å². The molecule has 1 fully saturated rings. The highest BCUT2D eigenvalue weighted by Gasteiger charge is 2.38. The summed E-state index contributed by atoms with van der Waals surface area (Å²) in [6.45, 7) is 20.8. The number of hydrogen-bond donors (Lipinski definition) is 1. The molecule has 1 aliphatic rings. The molecule has 0 bridgehead atoms. The van der Waals surface area contributed by atoms with Crippen LogP contribution in [0.4, 0.5) is 5.69 Å². The summed E-state index contributed by atoms with van der Waals surface area (Å²) >= 11 is 6.32. The van der Waals surface area contributed by atoms with Gasteiger partial charge in [0.15, 0.2) is 13.5 Å². The second kappa shape index (κ2) is 9.04. The maximum absolute atomic E-state index is 12.2. The fourth-order valence-electron chi connectivity index (χ4n) is 2.93. The van der Waals surface area contributed by atoms with E-state index in [9.17, 15) is 4.79 Å². The molecule has 0 saturated carbocycles. The highest BCUT2D eigenvalue weighted by atomic mass is 35.5. The largest absolute Gasteiger partial charge is 0.416 e. The van der Waals surface area contributed by atoms with Gasteiger partial charge in [-0.2, -0.15) is 0 Å². The molecule has 1 aromatic rings. The monoisotopic (exact) mass is 439 g/mol. The van der Waals surface area contributed by atoms with Crippen molar-refractivity contribution in [3.8, 4) is 0 Å². The van der Waals surface area contributed by atoms with Gasteiger partial charge >= 0.3 is 0 Å². The van der Waals surface area contributed by atoms with Crippen LogP contribution in [0.5, 0.6) is 0 Å². The highest BCUT2D eigenvalue weighted by molar-refractivity contribution is 6.74. The second-order valence-electron chi connectivity index (χ2n) is 10.8. The molecule has 2 rings (SSSR count). The van der Waals surface area contributed by atoms with Crippen molar-refractivity contribution >= 4 is 31.5 Å². The van der Waals surface area contributed by atoms with Crippen LogP contribution in [0.1, 0.15) is 53.7 Å². The van der Waals surface area contributed by atoms with Crippen molar-refractivity contribution in [3.63, 3.8) is 0 Å². The quantitative estimate of drug-likeness (QED) is 0.465. The first-order valence-electron chi connectivity index (χ1n) is 10.5. The molecular formula is C22H38ClN3O2Si.